The fraction of sp³-hybridized carbons (Fsp3) is 0.368. The van der Waals surface area contributed by atoms with Gasteiger partial charge in [0.25, 0.3) is 0 Å². The third-order valence-electron chi connectivity index (χ3n) is 3.84. The highest BCUT2D eigenvalue weighted by atomic mass is 35.5. The third-order valence-corrected chi connectivity index (χ3v) is 4.21. The van der Waals surface area contributed by atoms with Crippen LogP contribution in [0, 0.1) is 5.92 Å². The van der Waals surface area contributed by atoms with Crippen LogP contribution in [0.1, 0.15) is 37.4 Å². The fourth-order valence-electron chi connectivity index (χ4n) is 2.74. The molecule has 0 aromatic heterocycles. The van der Waals surface area contributed by atoms with Crippen LogP contribution in [0.5, 0.6) is 0 Å². The Morgan fingerprint density at radius 1 is 1.00 bits per heavy atom. The summed E-state index contributed by atoms with van der Waals surface area (Å²) in [5.41, 5.74) is 2.58. The normalized spacial score (nSPS) is 13.9. The van der Waals surface area contributed by atoms with E-state index in [4.69, 9.17) is 11.6 Å². The lowest BCUT2D eigenvalue weighted by atomic mass is 9.89. The zero-order valence-corrected chi connectivity index (χ0v) is 13.6. The topological polar surface area (TPSA) is 12.0 Å². The number of hydrogen-bond donors (Lipinski definition) is 1. The highest BCUT2D eigenvalue weighted by Gasteiger charge is 2.19. The van der Waals surface area contributed by atoms with Crippen LogP contribution in [0.15, 0.2) is 54.6 Å². The van der Waals surface area contributed by atoms with Crippen LogP contribution in [0.4, 0.5) is 0 Å². The number of hydrogen-bond acceptors (Lipinski definition) is 1. The number of rotatable bonds is 7. The van der Waals surface area contributed by atoms with Gasteiger partial charge in [-0.25, -0.2) is 0 Å². The van der Waals surface area contributed by atoms with Crippen molar-refractivity contribution in [1.82, 2.24) is 5.32 Å². The van der Waals surface area contributed by atoms with Gasteiger partial charge in [-0.1, -0.05) is 74.0 Å². The standard InChI is InChI=1S/C19H24ClN/c1-3-13-21-19(16-9-5-4-6-10-16)15(2)14-17-11-7-8-12-18(17)20/h4-12,15,19,21H,3,13-14H2,1-2H3. The van der Waals surface area contributed by atoms with Crippen molar-refractivity contribution in [2.24, 2.45) is 5.92 Å². The van der Waals surface area contributed by atoms with Gasteiger partial charge in [0.2, 0.25) is 0 Å². The van der Waals surface area contributed by atoms with Crippen molar-refractivity contribution in [2.75, 3.05) is 6.54 Å². The molecule has 21 heavy (non-hydrogen) atoms. The van der Waals surface area contributed by atoms with Crippen LogP contribution in [0.2, 0.25) is 5.02 Å². The second-order valence-electron chi connectivity index (χ2n) is 5.62. The second-order valence-corrected chi connectivity index (χ2v) is 6.02. The van der Waals surface area contributed by atoms with Crippen molar-refractivity contribution in [3.63, 3.8) is 0 Å². The molecule has 2 rings (SSSR count). The molecule has 112 valence electrons. The summed E-state index contributed by atoms with van der Waals surface area (Å²) in [7, 11) is 0. The quantitative estimate of drug-likeness (QED) is 0.735. The smallest absolute Gasteiger partial charge is 0.0438 e. The minimum atomic E-state index is 0.363. The molecule has 2 atom stereocenters. The zero-order chi connectivity index (χ0) is 15.1. The van der Waals surface area contributed by atoms with Gasteiger partial charge in [-0.2, -0.15) is 0 Å². The van der Waals surface area contributed by atoms with Gasteiger partial charge in [0, 0.05) is 11.1 Å². The van der Waals surface area contributed by atoms with Gasteiger partial charge in [0.05, 0.1) is 0 Å². The minimum absolute atomic E-state index is 0.363. The van der Waals surface area contributed by atoms with Crippen molar-refractivity contribution in [3.8, 4) is 0 Å². The lowest BCUT2D eigenvalue weighted by Crippen LogP contribution is -2.28. The highest BCUT2D eigenvalue weighted by molar-refractivity contribution is 6.31. The molecule has 2 aromatic carbocycles. The maximum Gasteiger partial charge on any atom is 0.0438 e. The van der Waals surface area contributed by atoms with Crippen LogP contribution in [-0.4, -0.2) is 6.54 Å². The summed E-state index contributed by atoms with van der Waals surface area (Å²) in [6.45, 7) is 5.53. The predicted molar refractivity (Wildman–Crippen MR) is 91.8 cm³/mol. The van der Waals surface area contributed by atoms with E-state index in [1.165, 1.54) is 11.1 Å². The van der Waals surface area contributed by atoms with Gasteiger partial charge >= 0.3 is 0 Å². The first-order valence-corrected chi connectivity index (χ1v) is 8.12. The van der Waals surface area contributed by atoms with E-state index in [2.05, 4.69) is 61.6 Å². The Morgan fingerprint density at radius 3 is 2.33 bits per heavy atom. The van der Waals surface area contributed by atoms with E-state index in [-0.39, 0.29) is 0 Å². The highest BCUT2D eigenvalue weighted by Crippen LogP contribution is 2.27. The van der Waals surface area contributed by atoms with Gasteiger partial charge < -0.3 is 5.32 Å². The molecule has 0 bridgehead atoms. The van der Waals surface area contributed by atoms with Crippen molar-refractivity contribution in [1.29, 1.82) is 0 Å². The summed E-state index contributed by atoms with van der Waals surface area (Å²) in [6, 6.07) is 19.2. The van der Waals surface area contributed by atoms with E-state index >= 15 is 0 Å². The SMILES string of the molecule is CCCNC(c1ccccc1)C(C)Cc1ccccc1Cl. The molecule has 0 radical (unpaired) electrons. The van der Waals surface area contributed by atoms with Crippen molar-refractivity contribution >= 4 is 11.6 Å². The molecule has 0 fully saturated rings. The third kappa shape index (κ3) is 4.59. The van der Waals surface area contributed by atoms with E-state index in [9.17, 15) is 0 Å². The van der Waals surface area contributed by atoms with Crippen LogP contribution < -0.4 is 5.32 Å². The molecule has 0 amide bonds. The van der Waals surface area contributed by atoms with Gasteiger partial charge in [0.1, 0.15) is 0 Å². The Balaban J connectivity index is 2.14. The molecule has 1 nitrogen and oxygen atoms in total. The summed E-state index contributed by atoms with van der Waals surface area (Å²) in [5, 5.41) is 4.55. The monoisotopic (exact) mass is 301 g/mol. The lowest BCUT2D eigenvalue weighted by molar-refractivity contribution is 0.384. The molecular weight excluding hydrogens is 278 g/mol. The first-order chi connectivity index (χ1) is 10.2. The molecule has 2 unspecified atom stereocenters. The molecule has 0 saturated carbocycles. The fourth-order valence-corrected chi connectivity index (χ4v) is 2.95. The number of benzene rings is 2. The van der Waals surface area contributed by atoms with E-state index < -0.39 is 0 Å². The van der Waals surface area contributed by atoms with Gasteiger partial charge in [-0.3, -0.25) is 0 Å². The van der Waals surface area contributed by atoms with Gasteiger partial charge in [-0.15, -0.1) is 0 Å². The summed E-state index contributed by atoms with van der Waals surface area (Å²) in [6.07, 6.45) is 2.12. The molecule has 0 aliphatic rings. The van der Waals surface area contributed by atoms with Gasteiger partial charge in [-0.05, 0) is 42.5 Å². The Bertz CT molecular complexity index is 538. The second kappa shape index (κ2) is 8.21. The molecule has 0 aliphatic carbocycles. The van der Waals surface area contributed by atoms with Crippen molar-refractivity contribution < 1.29 is 0 Å². The van der Waals surface area contributed by atoms with E-state index in [0.29, 0.717) is 12.0 Å². The van der Waals surface area contributed by atoms with E-state index in [0.717, 1.165) is 24.4 Å². The Labute approximate surface area is 133 Å². The largest absolute Gasteiger partial charge is 0.310 e. The summed E-state index contributed by atoms with van der Waals surface area (Å²) in [4.78, 5) is 0. The van der Waals surface area contributed by atoms with Gasteiger partial charge in [0.15, 0.2) is 0 Å². The maximum atomic E-state index is 6.30. The maximum absolute atomic E-state index is 6.30. The van der Waals surface area contributed by atoms with E-state index in [1.807, 2.05) is 12.1 Å². The first kappa shape index (κ1) is 16.1. The number of halogens is 1. The Hall–Kier alpha value is -1.31. The molecule has 1 N–H and O–H groups in total. The van der Waals surface area contributed by atoms with Crippen LogP contribution in [0.3, 0.4) is 0 Å². The molecule has 0 saturated heterocycles. The summed E-state index contributed by atoms with van der Waals surface area (Å²) >= 11 is 6.30. The van der Waals surface area contributed by atoms with Crippen LogP contribution >= 0.6 is 11.6 Å². The average molecular weight is 302 g/mol. The molecule has 0 heterocycles. The zero-order valence-electron chi connectivity index (χ0n) is 12.9. The summed E-state index contributed by atoms with van der Waals surface area (Å²) < 4.78 is 0. The van der Waals surface area contributed by atoms with Crippen LogP contribution in [0.25, 0.3) is 0 Å². The molecule has 2 heteroatoms. The first-order valence-electron chi connectivity index (χ1n) is 7.74. The van der Waals surface area contributed by atoms with Crippen molar-refractivity contribution in [3.05, 3.63) is 70.7 Å². The Morgan fingerprint density at radius 2 is 1.67 bits per heavy atom. The molecular formula is C19H24ClN. The molecule has 0 aliphatic heterocycles. The minimum Gasteiger partial charge on any atom is -0.310 e. The summed E-state index contributed by atoms with van der Waals surface area (Å²) in [5.74, 6) is 0.485. The number of nitrogens with one attached hydrogen (secondary N) is 1. The molecule has 2 aromatic rings. The lowest BCUT2D eigenvalue weighted by Gasteiger charge is -2.26. The average Bonchev–Trinajstić information content (AvgIpc) is 2.51. The molecule has 0 spiro atoms. The van der Waals surface area contributed by atoms with E-state index in [1.54, 1.807) is 0 Å². The Kier molecular flexibility index (Phi) is 6.28. The predicted octanol–water partition coefficient (Wildman–Crippen LogP) is 5.26. The van der Waals surface area contributed by atoms with Crippen LogP contribution in [-0.2, 0) is 6.42 Å². The van der Waals surface area contributed by atoms with Crippen molar-refractivity contribution in [2.45, 2.75) is 32.7 Å².